The Hall–Kier alpha value is -2.48. The van der Waals surface area contributed by atoms with Crippen molar-refractivity contribution in [3.05, 3.63) is 39.1 Å². The number of rotatable bonds is 7. The molecule has 0 aliphatic heterocycles. The fourth-order valence-corrected chi connectivity index (χ4v) is 2.53. The number of H-pyrrole nitrogens is 1. The lowest BCUT2D eigenvalue weighted by Crippen LogP contribution is -2.27. The van der Waals surface area contributed by atoms with Gasteiger partial charge >= 0.3 is 0 Å². The average molecular weight is 333 g/mol. The largest absolute Gasteiger partial charge is 0.383 e. The maximum Gasteiger partial charge on any atom is 0.252 e. The van der Waals surface area contributed by atoms with Gasteiger partial charge in [0.2, 0.25) is 11.9 Å². The van der Waals surface area contributed by atoms with E-state index in [1.165, 1.54) is 6.07 Å². The zero-order valence-electron chi connectivity index (χ0n) is 14.5. The number of hydrogen-bond donors (Lipinski definition) is 2. The molecule has 0 atom stereocenters. The molecule has 0 aliphatic rings. The highest BCUT2D eigenvalue weighted by Gasteiger charge is 2.15. The Kier molecular flexibility index (Phi) is 5.86. The van der Waals surface area contributed by atoms with E-state index in [1.807, 2.05) is 13.8 Å². The molecule has 8 nitrogen and oxygen atoms in total. The average Bonchev–Trinajstić information content (AvgIpc) is 2.79. The van der Waals surface area contributed by atoms with Crippen molar-refractivity contribution in [2.24, 2.45) is 0 Å². The molecule has 0 radical (unpaired) electrons. The minimum Gasteiger partial charge on any atom is -0.383 e. The molecule has 0 unspecified atom stereocenters. The van der Waals surface area contributed by atoms with Crippen molar-refractivity contribution in [3.63, 3.8) is 0 Å². The van der Waals surface area contributed by atoms with Gasteiger partial charge in [-0.25, -0.2) is 9.67 Å². The van der Waals surface area contributed by atoms with Crippen molar-refractivity contribution in [3.8, 4) is 5.95 Å². The molecule has 2 N–H and O–H groups in total. The fraction of sp³-hybridized carbons (Fsp3) is 0.500. The number of ether oxygens (including phenoxy) is 1. The van der Waals surface area contributed by atoms with E-state index < -0.39 is 0 Å². The Bertz CT molecular complexity index is 779. The predicted octanol–water partition coefficient (Wildman–Crippen LogP) is 0.576. The van der Waals surface area contributed by atoms with Gasteiger partial charge in [0.1, 0.15) is 0 Å². The van der Waals surface area contributed by atoms with Gasteiger partial charge < -0.3 is 10.1 Å². The molecule has 0 spiro atoms. The van der Waals surface area contributed by atoms with Gasteiger partial charge in [0, 0.05) is 37.5 Å². The summed E-state index contributed by atoms with van der Waals surface area (Å²) in [5, 5.41) is 7.24. The zero-order valence-corrected chi connectivity index (χ0v) is 14.5. The molecule has 0 bridgehead atoms. The first-order chi connectivity index (χ1) is 11.4. The van der Waals surface area contributed by atoms with Crippen LogP contribution >= 0.6 is 0 Å². The lowest BCUT2D eigenvalue weighted by Gasteiger charge is -2.06. The minimum atomic E-state index is -0.218. The molecule has 0 fully saturated rings. The second kappa shape index (κ2) is 7.87. The zero-order chi connectivity index (χ0) is 17.7. The van der Waals surface area contributed by atoms with E-state index in [9.17, 15) is 9.59 Å². The molecular formula is C16H23N5O3. The Morgan fingerprint density at radius 1 is 1.38 bits per heavy atom. The van der Waals surface area contributed by atoms with Gasteiger partial charge in [-0.1, -0.05) is 0 Å². The number of carbonyl (C=O) groups is 1. The number of aromatic amines is 1. The highest BCUT2D eigenvalue weighted by atomic mass is 16.5. The van der Waals surface area contributed by atoms with Crippen molar-refractivity contribution in [2.45, 2.75) is 33.6 Å². The third-order valence-corrected chi connectivity index (χ3v) is 3.73. The maximum absolute atomic E-state index is 11.8. The van der Waals surface area contributed by atoms with Crippen LogP contribution in [-0.4, -0.2) is 45.9 Å². The van der Waals surface area contributed by atoms with Gasteiger partial charge in [0.25, 0.3) is 5.56 Å². The molecule has 0 aromatic carbocycles. The van der Waals surface area contributed by atoms with E-state index in [0.717, 1.165) is 17.0 Å². The summed E-state index contributed by atoms with van der Waals surface area (Å²) < 4.78 is 6.51. The van der Waals surface area contributed by atoms with E-state index >= 15 is 0 Å². The number of hydrogen-bond acceptors (Lipinski definition) is 5. The number of methoxy groups -OCH3 is 1. The Morgan fingerprint density at radius 2 is 2.12 bits per heavy atom. The lowest BCUT2D eigenvalue weighted by atomic mass is 10.1. The number of amides is 1. The molecule has 8 heteroatoms. The third-order valence-electron chi connectivity index (χ3n) is 3.73. The Labute approximate surface area is 140 Å². The van der Waals surface area contributed by atoms with Crippen molar-refractivity contribution < 1.29 is 9.53 Å². The van der Waals surface area contributed by atoms with Crippen LogP contribution in [0.3, 0.4) is 0 Å². The molecular weight excluding hydrogens is 310 g/mol. The summed E-state index contributed by atoms with van der Waals surface area (Å²) >= 11 is 0. The van der Waals surface area contributed by atoms with Gasteiger partial charge in [-0.05, 0) is 32.8 Å². The van der Waals surface area contributed by atoms with Gasteiger partial charge in [-0.3, -0.25) is 14.6 Å². The normalized spacial score (nSPS) is 10.8. The van der Waals surface area contributed by atoms with Crippen molar-refractivity contribution in [1.82, 2.24) is 25.1 Å². The second-order valence-corrected chi connectivity index (χ2v) is 5.61. The standard InChI is InChI=1S/C16H23N5O3/c1-10-9-15(23)19-16(18-10)21-12(3)13(11(2)20-21)5-6-14(22)17-7-8-24-4/h9H,5-8H2,1-4H3,(H,17,22)(H,18,19,23). The van der Waals surface area contributed by atoms with Gasteiger partial charge in [0.15, 0.2) is 0 Å². The van der Waals surface area contributed by atoms with Crippen LogP contribution in [0.4, 0.5) is 0 Å². The first kappa shape index (κ1) is 17.9. The summed E-state index contributed by atoms with van der Waals surface area (Å²) in [5.74, 6) is 0.358. The van der Waals surface area contributed by atoms with Crippen LogP contribution in [0.25, 0.3) is 5.95 Å². The smallest absolute Gasteiger partial charge is 0.252 e. The molecule has 24 heavy (non-hydrogen) atoms. The summed E-state index contributed by atoms with van der Waals surface area (Å²) in [7, 11) is 1.59. The monoisotopic (exact) mass is 333 g/mol. The van der Waals surface area contributed by atoms with E-state index in [2.05, 4.69) is 20.4 Å². The summed E-state index contributed by atoms with van der Waals surface area (Å²) in [5.41, 5.74) is 3.08. The molecule has 1 amide bonds. The SMILES string of the molecule is COCCNC(=O)CCc1c(C)nn(-c2nc(C)cc(=O)[nH]2)c1C. The van der Waals surface area contributed by atoms with Crippen LogP contribution in [0.2, 0.25) is 0 Å². The highest BCUT2D eigenvalue weighted by molar-refractivity contribution is 5.76. The van der Waals surface area contributed by atoms with E-state index in [4.69, 9.17) is 4.74 Å². The lowest BCUT2D eigenvalue weighted by molar-refractivity contribution is -0.121. The number of nitrogens with one attached hydrogen (secondary N) is 2. The van der Waals surface area contributed by atoms with Crippen molar-refractivity contribution in [1.29, 1.82) is 0 Å². The van der Waals surface area contributed by atoms with E-state index in [1.54, 1.807) is 18.7 Å². The van der Waals surface area contributed by atoms with Crippen molar-refractivity contribution >= 4 is 5.91 Å². The van der Waals surface area contributed by atoms with Crippen LogP contribution in [0.1, 0.15) is 29.1 Å². The summed E-state index contributed by atoms with van der Waals surface area (Å²) in [6.45, 7) is 6.54. The summed E-state index contributed by atoms with van der Waals surface area (Å²) in [4.78, 5) is 30.5. The number of aromatic nitrogens is 4. The Morgan fingerprint density at radius 3 is 2.79 bits per heavy atom. The fourth-order valence-electron chi connectivity index (χ4n) is 2.53. The molecule has 2 aromatic rings. The molecule has 2 heterocycles. The molecule has 0 aliphatic carbocycles. The number of nitrogens with zero attached hydrogens (tertiary/aromatic N) is 3. The van der Waals surface area contributed by atoms with Crippen LogP contribution in [-0.2, 0) is 16.0 Å². The first-order valence-electron chi connectivity index (χ1n) is 7.81. The summed E-state index contributed by atoms with van der Waals surface area (Å²) in [6.07, 6.45) is 0.946. The van der Waals surface area contributed by atoms with Gasteiger partial charge in [0.05, 0.1) is 12.3 Å². The van der Waals surface area contributed by atoms with Crippen LogP contribution in [0.15, 0.2) is 10.9 Å². The quantitative estimate of drug-likeness (QED) is 0.722. The van der Waals surface area contributed by atoms with Gasteiger partial charge in [-0.15, -0.1) is 0 Å². The van der Waals surface area contributed by atoms with Gasteiger partial charge in [-0.2, -0.15) is 5.10 Å². The van der Waals surface area contributed by atoms with Crippen LogP contribution in [0, 0.1) is 20.8 Å². The maximum atomic E-state index is 11.8. The van der Waals surface area contributed by atoms with E-state index in [0.29, 0.717) is 37.6 Å². The highest BCUT2D eigenvalue weighted by Crippen LogP contribution is 2.17. The Balaban J connectivity index is 2.14. The molecule has 2 rings (SSSR count). The minimum absolute atomic E-state index is 0.0271. The predicted molar refractivity (Wildman–Crippen MR) is 89.4 cm³/mol. The molecule has 2 aromatic heterocycles. The van der Waals surface area contributed by atoms with Crippen molar-refractivity contribution in [2.75, 3.05) is 20.3 Å². The first-order valence-corrected chi connectivity index (χ1v) is 7.81. The number of aryl methyl sites for hydroxylation is 2. The van der Waals surface area contributed by atoms with Crippen LogP contribution < -0.4 is 10.9 Å². The topological polar surface area (TPSA) is 102 Å². The van der Waals surface area contributed by atoms with Crippen LogP contribution in [0.5, 0.6) is 0 Å². The molecule has 0 saturated carbocycles. The molecule has 0 saturated heterocycles. The molecule has 130 valence electrons. The second-order valence-electron chi connectivity index (χ2n) is 5.61. The van der Waals surface area contributed by atoms with E-state index in [-0.39, 0.29) is 11.5 Å². The summed E-state index contributed by atoms with van der Waals surface area (Å²) in [6, 6.07) is 1.43. The third kappa shape index (κ3) is 4.29. The number of carbonyl (C=O) groups excluding carboxylic acids is 1.